The number of hydrogen-bond acceptors (Lipinski definition) is 3. The van der Waals surface area contributed by atoms with E-state index in [9.17, 15) is 5.26 Å². The predicted octanol–water partition coefficient (Wildman–Crippen LogP) is 6.14. The maximum absolute atomic E-state index is 9.38. The van der Waals surface area contributed by atoms with Gasteiger partial charge in [0.1, 0.15) is 11.1 Å². The third-order valence-electron chi connectivity index (χ3n) is 3.16. The van der Waals surface area contributed by atoms with E-state index in [2.05, 4.69) is 11.1 Å². The fraction of sp³-hybridized carbons (Fsp3) is 0. The van der Waals surface area contributed by atoms with Crippen LogP contribution in [0.1, 0.15) is 10.6 Å². The van der Waals surface area contributed by atoms with Crippen LogP contribution in [0.15, 0.2) is 60.7 Å². The Labute approximate surface area is 147 Å². The average molecular weight is 357 g/mol. The summed E-state index contributed by atoms with van der Waals surface area (Å²) in [5.41, 5.74) is 2.22. The molecule has 23 heavy (non-hydrogen) atoms. The van der Waals surface area contributed by atoms with Gasteiger partial charge in [-0.05, 0) is 42.0 Å². The Hall–Kier alpha value is -2.12. The monoisotopic (exact) mass is 356 g/mol. The van der Waals surface area contributed by atoms with Crippen molar-refractivity contribution in [3.63, 3.8) is 0 Å². The first-order chi connectivity index (χ1) is 11.2. The van der Waals surface area contributed by atoms with Crippen LogP contribution in [0, 0.1) is 11.3 Å². The molecule has 2 aromatic carbocycles. The molecule has 0 spiro atoms. The molecule has 0 aliphatic heterocycles. The van der Waals surface area contributed by atoms with Gasteiger partial charge in [-0.2, -0.15) is 5.26 Å². The Balaban J connectivity index is 1.93. The van der Waals surface area contributed by atoms with Crippen molar-refractivity contribution in [1.82, 2.24) is 4.98 Å². The van der Waals surface area contributed by atoms with Crippen LogP contribution in [0.3, 0.4) is 0 Å². The Morgan fingerprint density at radius 1 is 1.09 bits per heavy atom. The predicted molar refractivity (Wildman–Crippen MR) is 98.5 cm³/mol. The van der Waals surface area contributed by atoms with Crippen molar-refractivity contribution >= 4 is 55.4 Å². The molecule has 3 rings (SSSR count). The van der Waals surface area contributed by atoms with Crippen LogP contribution in [0.2, 0.25) is 5.02 Å². The highest BCUT2D eigenvalue weighted by atomic mass is 35.5. The van der Waals surface area contributed by atoms with Crippen molar-refractivity contribution in [2.45, 2.75) is 0 Å². The van der Waals surface area contributed by atoms with Gasteiger partial charge < -0.3 is 0 Å². The number of benzene rings is 2. The lowest BCUT2D eigenvalue weighted by molar-refractivity contribution is 1.43. The minimum Gasteiger partial charge on any atom is -0.235 e. The first-order valence-electron chi connectivity index (χ1n) is 6.77. The van der Waals surface area contributed by atoms with E-state index >= 15 is 0 Å². The van der Waals surface area contributed by atoms with Crippen LogP contribution < -0.4 is 0 Å². The number of aromatic nitrogens is 1. The fourth-order valence-electron chi connectivity index (χ4n) is 2.01. The molecule has 0 aliphatic carbocycles. The van der Waals surface area contributed by atoms with Crippen LogP contribution in [0.5, 0.6) is 0 Å². The molecular formula is C18H10Cl2N2S. The maximum atomic E-state index is 9.38. The third kappa shape index (κ3) is 3.62. The van der Waals surface area contributed by atoms with Crippen LogP contribution in [0.25, 0.3) is 20.8 Å². The summed E-state index contributed by atoms with van der Waals surface area (Å²) in [6, 6.07) is 17.2. The summed E-state index contributed by atoms with van der Waals surface area (Å²) in [6.07, 6.45) is 3.39. The maximum Gasteiger partial charge on any atom is 0.135 e. The van der Waals surface area contributed by atoms with Gasteiger partial charge in [-0.15, -0.1) is 11.3 Å². The van der Waals surface area contributed by atoms with Gasteiger partial charge in [-0.3, -0.25) is 0 Å². The van der Waals surface area contributed by atoms with Crippen molar-refractivity contribution < 1.29 is 0 Å². The second kappa shape index (κ2) is 6.97. The number of rotatable bonds is 3. The highest BCUT2D eigenvalue weighted by Gasteiger charge is 2.07. The number of halogens is 2. The molecule has 0 amide bonds. The molecule has 0 unspecified atom stereocenters. The number of nitriles is 1. The smallest absolute Gasteiger partial charge is 0.135 e. The average Bonchev–Trinajstić information content (AvgIpc) is 2.99. The van der Waals surface area contributed by atoms with Crippen molar-refractivity contribution in [1.29, 1.82) is 5.26 Å². The summed E-state index contributed by atoms with van der Waals surface area (Å²) in [7, 11) is 0. The van der Waals surface area contributed by atoms with E-state index in [4.69, 9.17) is 23.2 Å². The highest BCUT2D eigenvalue weighted by molar-refractivity contribution is 7.19. The van der Waals surface area contributed by atoms with E-state index in [1.807, 2.05) is 36.4 Å². The second-order valence-electron chi connectivity index (χ2n) is 4.70. The molecule has 3 aromatic rings. The van der Waals surface area contributed by atoms with Gasteiger partial charge in [-0.1, -0.05) is 47.5 Å². The first-order valence-corrected chi connectivity index (χ1v) is 8.34. The van der Waals surface area contributed by atoms with Crippen LogP contribution in [0.4, 0.5) is 0 Å². The van der Waals surface area contributed by atoms with Crippen molar-refractivity contribution in [2.75, 3.05) is 0 Å². The van der Waals surface area contributed by atoms with E-state index < -0.39 is 0 Å². The normalized spacial score (nSPS) is 12.4. The zero-order chi connectivity index (χ0) is 16.2. The topological polar surface area (TPSA) is 36.7 Å². The minimum absolute atomic E-state index is 0.485. The summed E-state index contributed by atoms with van der Waals surface area (Å²) in [4.78, 5) is 4.48. The lowest BCUT2D eigenvalue weighted by atomic mass is 10.2. The zero-order valence-corrected chi connectivity index (χ0v) is 14.2. The van der Waals surface area contributed by atoms with Crippen molar-refractivity contribution in [3.8, 4) is 6.07 Å². The summed E-state index contributed by atoms with van der Waals surface area (Å²) in [6.45, 7) is 0. The molecule has 0 saturated carbocycles. The largest absolute Gasteiger partial charge is 0.235 e. The SMILES string of the molecule is N#CC(=CC=C(Cl)c1ccc(Cl)cc1)c1nc2ccccc2s1. The molecule has 0 atom stereocenters. The van der Waals surface area contributed by atoms with Crippen LogP contribution >= 0.6 is 34.5 Å². The molecule has 5 heteroatoms. The molecule has 0 bridgehead atoms. The van der Waals surface area contributed by atoms with E-state index in [-0.39, 0.29) is 0 Å². The van der Waals surface area contributed by atoms with Gasteiger partial charge in [0, 0.05) is 10.1 Å². The Kier molecular flexibility index (Phi) is 4.78. The lowest BCUT2D eigenvalue weighted by Gasteiger charge is -1.98. The number of para-hydroxylation sites is 1. The quantitative estimate of drug-likeness (QED) is 0.417. The zero-order valence-electron chi connectivity index (χ0n) is 11.8. The molecule has 0 radical (unpaired) electrons. The van der Waals surface area contributed by atoms with Crippen LogP contribution in [-0.2, 0) is 0 Å². The summed E-state index contributed by atoms with van der Waals surface area (Å²) < 4.78 is 1.05. The van der Waals surface area contributed by atoms with Gasteiger partial charge in [0.2, 0.25) is 0 Å². The molecule has 0 aliphatic rings. The summed E-state index contributed by atoms with van der Waals surface area (Å²) >= 11 is 13.6. The van der Waals surface area contributed by atoms with E-state index in [0.717, 1.165) is 15.8 Å². The van der Waals surface area contributed by atoms with Gasteiger partial charge in [-0.25, -0.2) is 4.98 Å². The molecule has 0 fully saturated rings. The van der Waals surface area contributed by atoms with Crippen LogP contribution in [-0.4, -0.2) is 4.98 Å². The number of hydrogen-bond donors (Lipinski definition) is 0. The first kappa shape index (κ1) is 15.8. The Morgan fingerprint density at radius 2 is 1.83 bits per heavy atom. The fourth-order valence-corrected chi connectivity index (χ4v) is 3.26. The minimum atomic E-state index is 0.485. The van der Waals surface area contributed by atoms with Gasteiger partial charge in [0.15, 0.2) is 0 Å². The molecule has 2 nitrogen and oxygen atoms in total. The van der Waals surface area contributed by atoms with E-state index in [1.54, 1.807) is 24.3 Å². The molecule has 1 heterocycles. The molecule has 1 aromatic heterocycles. The highest BCUT2D eigenvalue weighted by Crippen LogP contribution is 2.27. The third-order valence-corrected chi connectivity index (χ3v) is 4.83. The summed E-state index contributed by atoms with van der Waals surface area (Å²) in [5.74, 6) is 0. The Bertz CT molecular complexity index is 914. The van der Waals surface area contributed by atoms with E-state index in [0.29, 0.717) is 20.6 Å². The van der Waals surface area contributed by atoms with Gasteiger partial charge in [0.05, 0.1) is 15.8 Å². The van der Waals surface area contributed by atoms with Gasteiger partial charge >= 0.3 is 0 Å². The number of nitrogens with zero attached hydrogens (tertiary/aromatic N) is 2. The Morgan fingerprint density at radius 3 is 2.52 bits per heavy atom. The molecule has 0 N–H and O–H groups in total. The number of thiazole rings is 1. The van der Waals surface area contributed by atoms with Gasteiger partial charge in [0.25, 0.3) is 0 Å². The summed E-state index contributed by atoms with van der Waals surface area (Å²) in [5, 5.41) is 11.3. The second-order valence-corrected chi connectivity index (χ2v) is 6.57. The molecule has 0 saturated heterocycles. The number of allylic oxidation sites excluding steroid dienone is 3. The van der Waals surface area contributed by atoms with Crippen molar-refractivity contribution in [3.05, 3.63) is 76.3 Å². The molecular weight excluding hydrogens is 347 g/mol. The number of fused-ring (bicyclic) bond motifs is 1. The van der Waals surface area contributed by atoms with Crippen molar-refractivity contribution in [2.24, 2.45) is 0 Å². The lowest BCUT2D eigenvalue weighted by Crippen LogP contribution is -1.79. The van der Waals surface area contributed by atoms with E-state index in [1.165, 1.54) is 11.3 Å². The standard InChI is InChI=1S/C18H10Cl2N2S/c19-14-8-5-12(6-9-14)15(20)10-7-13(11-21)18-22-16-3-1-2-4-17(16)23-18/h1-10H. The molecule has 112 valence electrons.